The molecule has 70 valence electrons. The Morgan fingerprint density at radius 1 is 1.50 bits per heavy atom. The first kappa shape index (κ1) is 9.52. The normalized spacial score (nSPS) is 29.3. The van der Waals surface area contributed by atoms with E-state index in [1.54, 1.807) is 0 Å². The van der Waals surface area contributed by atoms with Gasteiger partial charge in [0.25, 0.3) is 0 Å². The molecule has 1 aliphatic rings. The molecule has 3 nitrogen and oxygen atoms in total. The predicted octanol–water partition coefficient (Wildman–Crippen LogP) is 0.936. The maximum absolute atomic E-state index is 11.1. The molecule has 1 N–H and O–H groups in total. The van der Waals surface area contributed by atoms with E-state index in [0.717, 1.165) is 12.8 Å². The smallest absolute Gasteiger partial charge is 0.322 e. The van der Waals surface area contributed by atoms with Crippen LogP contribution in [-0.4, -0.2) is 25.2 Å². The zero-order chi connectivity index (χ0) is 9.14. The fourth-order valence-corrected chi connectivity index (χ4v) is 1.63. The molecule has 0 spiro atoms. The molecule has 1 aliphatic heterocycles. The van der Waals surface area contributed by atoms with Crippen LogP contribution in [-0.2, 0) is 9.53 Å². The Morgan fingerprint density at radius 3 is 2.58 bits per heavy atom. The molecule has 0 aromatic carbocycles. The summed E-state index contributed by atoms with van der Waals surface area (Å²) in [6.45, 7) is 4.33. The molecule has 0 bridgehead atoms. The number of methoxy groups -OCH3 is 1. The molecule has 0 aromatic heterocycles. The van der Waals surface area contributed by atoms with Gasteiger partial charge in [0.2, 0.25) is 0 Å². The van der Waals surface area contributed by atoms with Gasteiger partial charge in [-0.3, -0.25) is 4.79 Å². The number of hydrogen-bond acceptors (Lipinski definition) is 3. The molecule has 1 heterocycles. The van der Waals surface area contributed by atoms with Gasteiger partial charge in [0.1, 0.15) is 6.04 Å². The van der Waals surface area contributed by atoms with E-state index in [1.807, 2.05) is 0 Å². The first-order valence-electron chi connectivity index (χ1n) is 4.49. The van der Waals surface area contributed by atoms with Crippen LogP contribution in [0.1, 0.15) is 26.7 Å². The summed E-state index contributed by atoms with van der Waals surface area (Å²) in [7, 11) is 1.44. The number of carbonyl (C=O) groups excluding carboxylic acids is 1. The fraction of sp³-hybridized carbons (Fsp3) is 0.889. The Bertz CT molecular complexity index is 168. The number of ether oxygens (including phenoxy) is 1. The van der Waals surface area contributed by atoms with E-state index < -0.39 is 0 Å². The van der Waals surface area contributed by atoms with E-state index in [0.29, 0.717) is 12.0 Å². The lowest BCUT2D eigenvalue weighted by Gasteiger charge is -2.15. The zero-order valence-corrected chi connectivity index (χ0v) is 7.96. The van der Waals surface area contributed by atoms with Crippen molar-refractivity contribution in [1.82, 2.24) is 5.32 Å². The fourth-order valence-electron chi connectivity index (χ4n) is 1.63. The first-order valence-corrected chi connectivity index (χ1v) is 4.49. The first-order chi connectivity index (χ1) is 5.65. The molecular formula is C9H17NO2. The lowest BCUT2D eigenvalue weighted by Crippen LogP contribution is -2.38. The monoisotopic (exact) mass is 171 g/mol. The largest absolute Gasteiger partial charge is 0.468 e. The average molecular weight is 171 g/mol. The maximum atomic E-state index is 11.1. The molecule has 0 aromatic rings. The van der Waals surface area contributed by atoms with Crippen LogP contribution in [0.2, 0.25) is 0 Å². The summed E-state index contributed by atoms with van der Waals surface area (Å²) in [5, 5.41) is 3.27. The number of carbonyl (C=O) groups is 1. The van der Waals surface area contributed by atoms with Crippen molar-refractivity contribution in [3.8, 4) is 0 Å². The lowest BCUT2D eigenvalue weighted by molar-refractivity contribution is -0.142. The van der Waals surface area contributed by atoms with Crippen LogP contribution in [0.15, 0.2) is 0 Å². The third-order valence-electron chi connectivity index (χ3n) is 2.47. The van der Waals surface area contributed by atoms with Gasteiger partial charge in [0.15, 0.2) is 0 Å². The third kappa shape index (κ3) is 1.97. The Hall–Kier alpha value is -0.570. The van der Waals surface area contributed by atoms with Gasteiger partial charge < -0.3 is 10.1 Å². The molecule has 12 heavy (non-hydrogen) atoms. The summed E-state index contributed by atoms with van der Waals surface area (Å²) in [5.41, 5.74) is 0. The topological polar surface area (TPSA) is 38.3 Å². The van der Waals surface area contributed by atoms with Gasteiger partial charge >= 0.3 is 5.97 Å². The molecule has 0 aliphatic carbocycles. The highest BCUT2D eigenvalue weighted by Crippen LogP contribution is 2.18. The molecule has 0 radical (unpaired) electrons. The van der Waals surface area contributed by atoms with E-state index in [9.17, 15) is 4.79 Å². The van der Waals surface area contributed by atoms with E-state index in [-0.39, 0.29) is 12.0 Å². The van der Waals surface area contributed by atoms with E-state index in [4.69, 9.17) is 0 Å². The highest BCUT2D eigenvalue weighted by Gasteiger charge is 2.30. The van der Waals surface area contributed by atoms with E-state index in [2.05, 4.69) is 23.9 Å². The summed E-state index contributed by atoms with van der Waals surface area (Å²) in [5.74, 6) is 0.470. The van der Waals surface area contributed by atoms with Crippen molar-refractivity contribution in [1.29, 1.82) is 0 Å². The van der Waals surface area contributed by atoms with E-state index >= 15 is 0 Å². The van der Waals surface area contributed by atoms with Gasteiger partial charge in [-0.15, -0.1) is 0 Å². The summed E-state index contributed by atoms with van der Waals surface area (Å²) >= 11 is 0. The summed E-state index contributed by atoms with van der Waals surface area (Å²) < 4.78 is 4.66. The van der Waals surface area contributed by atoms with Crippen LogP contribution in [0, 0.1) is 5.92 Å². The van der Waals surface area contributed by atoms with Crippen LogP contribution in [0.5, 0.6) is 0 Å². The second-order valence-corrected chi connectivity index (χ2v) is 3.67. The van der Waals surface area contributed by atoms with Gasteiger partial charge in [0, 0.05) is 6.04 Å². The minimum atomic E-state index is -0.127. The molecular weight excluding hydrogens is 154 g/mol. The quantitative estimate of drug-likeness (QED) is 0.628. The number of rotatable bonds is 2. The third-order valence-corrected chi connectivity index (χ3v) is 2.47. The van der Waals surface area contributed by atoms with Crippen molar-refractivity contribution in [2.45, 2.75) is 38.8 Å². The van der Waals surface area contributed by atoms with Crippen LogP contribution in [0.4, 0.5) is 0 Å². The number of nitrogens with one attached hydrogen (secondary N) is 1. The number of hydrogen-bond donors (Lipinski definition) is 1. The summed E-state index contributed by atoms with van der Waals surface area (Å²) in [4.78, 5) is 11.1. The SMILES string of the molecule is COC(=O)[C@H]1CC[C@@H](C(C)C)N1. The minimum Gasteiger partial charge on any atom is -0.468 e. The van der Waals surface area contributed by atoms with Crippen molar-refractivity contribution in [2.75, 3.05) is 7.11 Å². The van der Waals surface area contributed by atoms with Crippen molar-refractivity contribution in [3.63, 3.8) is 0 Å². The summed E-state index contributed by atoms with van der Waals surface area (Å²) in [6, 6.07) is 0.413. The molecule has 1 rings (SSSR count). The number of esters is 1. The van der Waals surface area contributed by atoms with Crippen molar-refractivity contribution in [3.05, 3.63) is 0 Å². The predicted molar refractivity (Wildman–Crippen MR) is 46.8 cm³/mol. The van der Waals surface area contributed by atoms with Crippen LogP contribution >= 0.6 is 0 Å². The molecule has 3 heteroatoms. The van der Waals surface area contributed by atoms with E-state index in [1.165, 1.54) is 7.11 Å². The van der Waals surface area contributed by atoms with Crippen LogP contribution in [0.25, 0.3) is 0 Å². The highest BCUT2D eigenvalue weighted by molar-refractivity contribution is 5.76. The Balaban J connectivity index is 2.40. The van der Waals surface area contributed by atoms with Crippen LogP contribution in [0.3, 0.4) is 0 Å². The molecule has 0 amide bonds. The molecule has 1 fully saturated rings. The molecule has 0 unspecified atom stereocenters. The second-order valence-electron chi connectivity index (χ2n) is 3.67. The van der Waals surface area contributed by atoms with Crippen LogP contribution < -0.4 is 5.32 Å². The Labute approximate surface area is 73.5 Å². The van der Waals surface area contributed by atoms with Gasteiger partial charge in [-0.2, -0.15) is 0 Å². The molecule has 0 saturated carbocycles. The van der Waals surface area contributed by atoms with Gasteiger partial charge in [-0.1, -0.05) is 13.8 Å². The zero-order valence-electron chi connectivity index (χ0n) is 7.96. The van der Waals surface area contributed by atoms with Gasteiger partial charge in [-0.25, -0.2) is 0 Å². The van der Waals surface area contributed by atoms with Gasteiger partial charge in [0.05, 0.1) is 7.11 Å². The average Bonchev–Trinajstić information content (AvgIpc) is 2.51. The second kappa shape index (κ2) is 3.90. The van der Waals surface area contributed by atoms with Crippen molar-refractivity contribution < 1.29 is 9.53 Å². The Morgan fingerprint density at radius 2 is 2.17 bits per heavy atom. The minimum absolute atomic E-state index is 0.0672. The standard InChI is InChI=1S/C9H17NO2/c1-6(2)7-4-5-8(10-7)9(11)12-3/h6-8,10H,4-5H2,1-3H3/t7-,8+/m0/s1. The lowest BCUT2D eigenvalue weighted by atomic mass is 10.0. The summed E-state index contributed by atoms with van der Waals surface area (Å²) in [6.07, 6.45) is 1.99. The van der Waals surface area contributed by atoms with Crippen molar-refractivity contribution in [2.24, 2.45) is 5.92 Å². The highest BCUT2D eigenvalue weighted by atomic mass is 16.5. The molecule has 1 saturated heterocycles. The Kier molecular flexibility index (Phi) is 3.09. The maximum Gasteiger partial charge on any atom is 0.322 e. The molecule has 2 atom stereocenters. The van der Waals surface area contributed by atoms with Crippen molar-refractivity contribution >= 4 is 5.97 Å². The van der Waals surface area contributed by atoms with Gasteiger partial charge in [-0.05, 0) is 18.8 Å².